The molecule has 0 aromatic carbocycles. The number of nitrogens with two attached hydrogens (primary N) is 1. The summed E-state index contributed by atoms with van der Waals surface area (Å²) in [6, 6.07) is -0.902. The van der Waals surface area contributed by atoms with Crippen molar-refractivity contribution in [2.45, 2.75) is 32.4 Å². The molecule has 0 aromatic heterocycles. The van der Waals surface area contributed by atoms with Gasteiger partial charge in [-0.15, -0.1) is 0 Å². The van der Waals surface area contributed by atoms with Crippen molar-refractivity contribution in [2.75, 3.05) is 0 Å². The van der Waals surface area contributed by atoms with E-state index in [2.05, 4.69) is 5.32 Å². The Labute approximate surface area is 70.9 Å². The van der Waals surface area contributed by atoms with Crippen LogP contribution < -0.4 is 11.1 Å². The molecule has 0 spiro atoms. The highest BCUT2D eigenvalue weighted by Crippen LogP contribution is 1.96. The number of carboxylic acid groups (broad SMARTS) is 1. The molecule has 0 aliphatic rings. The lowest BCUT2D eigenvalue weighted by molar-refractivity contribution is -0.141. The van der Waals surface area contributed by atoms with Crippen molar-refractivity contribution in [1.29, 1.82) is 0 Å². The number of carbonyl (C=O) groups is 2. The monoisotopic (exact) mass is 174 g/mol. The summed E-state index contributed by atoms with van der Waals surface area (Å²) in [7, 11) is 0. The van der Waals surface area contributed by atoms with Crippen LogP contribution in [0.15, 0.2) is 0 Å². The molecule has 0 bridgehead atoms. The van der Waals surface area contributed by atoms with Crippen molar-refractivity contribution in [1.82, 2.24) is 5.32 Å². The van der Waals surface area contributed by atoms with Crippen LogP contribution in [0.1, 0.15) is 20.8 Å². The van der Waals surface area contributed by atoms with Gasteiger partial charge in [-0.2, -0.15) is 0 Å². The molecule has 0 heterocycles. The van der Waals surface area contributed by atoms with Gasteiger partial charge in [0.2, 0.25) is 5.91 Å². The minimum atomic E-state index is -1.08. The maximum Gasteiger partial charge on any atom is 0.325 e. The Balaban J connectivity index is 4.11. The normalized spacial score (nSPS) is 13.7. The van der Waals surface area contributed by atoms with Gasteiger partial charge < -0.3 is 16.2 Å². The number of carbonyl (C=O) groups excluding carboxylic acids is 1. The largest absolute Gasteiger partial charge is 0.480 e. The highest BCUT2D eigenvalue weighted by molar-refractivity contribution is 5.89. The van der Waals surface area contributed by atoms with Crippen LogP contribution in [0.25, 0.3) is 0 Å². The fourth-order valence-corrected chi connectivity index (χ4v) is 0.444. The van der Waals surface area contributed by atoms with Crippen molar-refractivity contribution in [3.05, 3.63) is 0 Å². The summed E-state index contributed by atoms with van der Waals surface area (Å²) in [5, 5.41) is 10.7. The molecule has 0 saturated carbocycles. The van der Waals surface area contributed by atoms with Crippen LogP contribution in [0.5, 0.6) is 0 Å². The van der Waals surface area contributed by atoms with E-state index in [9.17, 15) is 9.59 Å². The molecule has 0 rings (SSSR count). The number of rotatable bonds is 3. The molecule has 5 nitrogen and oxygen atoms in total. The van der Waals surface area contributed by atoms with Gasteiger partial charge in [-0.1, -0.05) is 0 Å². The van der Waals surface area contributed by atoms with E-state index in [4.69, 9.17) is 10.8 Å². The average Bonchev–Trinajstić information content (AvgIpc) is 1.85. The number of hydrogen-bond donors (Lipinski definition) is 3. The Morgan fingerprint density at radius 2 is 1.92 bits per heavy atom. The second-order valence-electron chi connectivity index (χ2n) is 3.26. The van der Waals surface area contributed by atoms with Gasteiger partial charge in [-0.3, -0.25) is 9.59 Å². The van der Waals surface area contributed by atoms with Crippen LogP contribution in [0.4, 0.5) is 0 Å². The van der Waals surface area contributed by atoms with E-state index in [1.54, 1.807) is 0 Å². The highest BCUT2D eigenvalue weighted by atomic mass is 16.4. The zero-order valence-corrected chi connectivity index (χ0v) is 7.42. The highest BCUT2D eigenvalue weighted by Gasteiger charge is 2.24. The molecule has 0 radical (unpaired) electrons. The summed E-state index contributed by atoms with van der Waals surface area (Å²) >= 11 is 0. The minimum Gasteiger partial charge on any atom is -0.480 e. The van der Waals surface area contributed by atoms with Gasteiger partial charge in [0.05, 0.1) is 5.54 Å². The molecule has 5 heteroatoms. The predicted octanol–water partition coefficient (Wildman–Crippen LogP) is -0.687. The van der Waals surface area contributed by atoms with E-state index in [1.807, 2.05) is 0 Å². The zero-order chi connectivity index (χ0) is 9.94. The molecule has 0 fully saturated rings. The van der Waals surface area contributed by atoms with E-state index in [0.29, 0.717) is 0 Å². The van der Waals surface area contributed by atoms with Gasteiger partial charge in [0.15, 0.2) is 0 Å². The molecule has 70 valence electrons. The van der Waals surface area contributed by atoms with Crippen LogP contribution >= 0.6 is 0 Å². The fraction of sp³-hybridized carbons (Fsp3) is 0.714. The first-order valence-electron chi connectivity index (χ1n) is 3.58. The Morgan fingerprint density at radius 3 is 2.17 bits per heavy atom. The summed E-state index contributed by atoms with van der Waals surface area (Å²) < 4.78 is 0. The van der Waals surface area contributed by atoms with Gasteiger partial charge in [0.1, 0.15) is 6.04 Å². The summed E-state index contributed by atoms with van der Waals surface area (Å²) in [4.78, 5) is 21.4. The standard InChI is InChI=1S/C7H14N2O3/c1-4(5(10)11)9-6(12)7(2,3)8/h4H,8H2,1-3H3,(H,9,12)(H,10,11). The van der Waals surface area contributed by atoms with Gasteiger partial charge in [-0.25, -0.2) is 0 Å². The number of amides is 1. The molecule has 1 amide bonds. The number of hydrogen-bond acceptors (Lipinski definition) is 3. The van der Waals surface area contributed by atoms with Crippen LogP contribution in [0, 0.1) is 0 Å². The Hall–Kier alpha value is -1.10. The van der Waals surface area contributed by atoms with Crippen LogP contribution in [0.2, 0.25) is 0 Å². The number of carboxylic acids is 1. The van der Waals surface area contributed by atoms with Crippen molar-refractivity contribution in [3.8, 4) is 0 Å². The summed E-state index contributed by atoms with van der Waals surface area (Å²) in [5.41, 5.74) is 4.38. The molecule has 12 heavy (non-hydrogen) atoms. The lowest BCUT2D eigenvalue weighted by Crippen LogP contribution is -2.53. The van der Waals surface area contributed by atoms with E-state index in [0.717, 1.165) is 0 Å². The summed E-state index contributed by atoms with van der Waals surface area (Å²) in [6.07, 6.45) is 0. The number of nitrogens with one attached hydrogen (secondary N) is 1. The summed E-state index contributed by atoms with van der Waals surface area (Å²) in [5.74, 6) is -1.55. The van der Waals surface area contributed by atoms with E-state index < -0.39 is 23.5 Å². The quantitative estimate of drug-likeness (QED) is 0.528. The van der Waals surface area contributed by atoms with Crippen LogP contribution in [0.3, 0.4) is 0 Å². The predicted molar refractivity (Wildman–Crippen MR) is 43.5 cm³/mol. The van der Waals surface area contributed by atoms with Gasteiger partial charge in [0.25, 0.3) is 0 Å². The van der Waals surface area contributed by atoms with Gasteiger partial charge >= 0.3 is 5.97 Å². The Kier molecular flexibility index (Phi) is 3.21. The third-order valence-electron chi connectivity index (χ3n) is 1.30. The first-order chi connectivity index (χ1) is 5.25. The van der Waals surface area contributed by atoms with Gasteiger partial charge in [0, 0.05) is 0 Å². The third-order valence-corrected chi connectivity index (χ3v) is 1.30. The lowest BCUT2D eigenvalue weighted by atomic mass is 10.1. The zero-order valence-electron chi connectivity index (χ0n) is 7.42. The molecule has 1 unspecified atom stereocenters. The maximum atomic E-state index is 11.1. The molecule has 4 N–H and O–H groups in total. The Morgan fingerprint density at radius 1 is 1.50 bits per heavy atom. The van der Waals surface area contributed by atoms with E-state index in [1.165, 1.54) is 20.8 Å². The van der Waals surface area contributed by atoms with Crippen molar-refractivity contribution in [3.63, 3.8) is 0 Å². The molecular formula is C7H14N2O3. The summed E-state index contributed by atoms with van der Waals surface area (Å²) in [6.45, 7) is 4.40. The molecule has 0 aromatic rings. The third kappa shape index (κ3) is 3.34. The fourth-order valence-electron chi connectivity index (χ4n) is 0.444. The van der Waals surface area contributed by atoms with Crippen molar-refractivity contribution in [2.24, 2.45) is 5.73 Å². The second kappa shape index (κ2) is 3.53. The maximum absolute atomic E-state index is 11.1. The van der Waals surface area contributed by atoms with Gasteiger partial charge in [-0.05, 0) is 20.8 Å². The molecule has 0 aliphatic heterocycles. The van der Waals surface area contributed by atoms with E-state index >= 15 is 0 Å². The molecular weight excluding hydrogens is 160 g/mol. The average molecular weight is 174 g/mol. The lowest BCUT2D eigenvalue weighted by Gasteiger charge is -2.19. The topological polar surface area (TPSA) is 92.4 Å². The molecule has 0 saturated heterocycles. The van der Waals surface area contributed by atoms with Crippen LogP contribution in [-0.2, 0) is 9.59 Å². The van der Waals surface area contributed by atoms with Crippen molar-refractivity contribution < 1.29 is 14.7 Å². The second-order valence-corrected chi connectivity index (χ2v) is 3.26. The van der Waals surface area contributed by atoms with Crippen molar-refractivity contribution >= 4 is 11.9 Å². The molecule has 0 aliphatic carbocycles. The molecule has 1 atom stereocenters. The minimum absolute atomic E-state index is 0.475. The van der Waals surface area contributed by atoms with E-state index in [-0.39, 0.29) is 0 Å². The number of aliphatic carboxylic acids is 1. The Bertz CT molecular complexity index is 195. The van der Waals surface area contributed by atoms with Crippen LogP contribution in [-0.4, -0.2) is 28.6 Å². The first kappa shape index (κ1) is 10.9. The SMILES string of the molecule is CC(NC(=O)C(C)(C)N)C(=O)O. The first-order valence-corrected chi connectivity index (χ1v) is 3.58. The smallest absolute Gasteiger partial charge is 0.325 e.